The van der Waals surface area contributed by atoms with Crippen molar-refractivity contribution in [1.29, 1.82) is 0 Å². The summed E-state index contributed by atoms with van der Waals surface area (Å²) >= 11 is 0. The molecule has 0 aliphatic carbocycles. The van der Waals surface area contributed by atoms with E-state index in [1.54, 1.807) is 42.1 Å². The number of carbonyl (C=O) groups is 1. The number of benzene rings is 1. The van der Waals surface area contributed by atoms with Crippen molar-refractivity contribution in [2.75, 3.05) is 5.32 Å². The third kappa shape index (κ3) is 5.26. The first-order valence-electron chi connectivity index (χ1n) is 11.1. The van der Waals surface area contributed by atoms with Crippen LogP contribution >= 0.6 is 0 Å². The van der Waals surface area contributed by atoms with Crippen LogP contribution in [0, 0.1) is 0 Å². The molecule has 0 radical (unpaired) electrons. The van der Waals surface area contributed by atoms with E-state index in [2.05, 4.69) is 20.4 Å². The van der Waals surface area contributed by atoms with Crippen molar-refractivity contribution >= 4 is 21.6 Å². The molecule has 11 heteroatoms. The van der Waals surface area contributed by atoms with Gasteiger partial charge in [-0.1, -0.05) is 18.2 Å². The number of hydrogen-bond donors (Lipinski definition) is 2. The van der Waals surface area contributed by atoms with Gasteiger partial charge in [0.2, 0.25) is 9.84 Å². The number of rotatable bonds is 9. The SMILES string of the molecule is CC(=O)OC(C)Nc1cccc(C(N)(Cc2ccc(-n3cccn3)cc2)S(=O)(=O)c2cccnc2)n1. The Balaban J connectivity index is 1.74. The molecule has 186 valence electrons. The average Bonchev–Trinajstić information content (AvgIpc) is 3.39. The molecule has 0 amide bonds. The van der Waals surface area contributed by atoms with Gasteiger partial charge in [0.25, 0.3) is 0 Å². The summed E-state index contributed by atoms with van der Waals surface area (Å²) in [6.45, 7) is 2.93. The third-order valence-corrected chi connectivity index (χ3v) is 7.65. The molecule has 1 aromatic carbocycles. The first kappa shape index (κ1) is 25.0. The monoisotopic (exact) mass is 506 g/mol. The van der Waals surface area contributed by atoms with Gasteiger partial charge >= 0.3 is 5.97 Å². The Morgan fingerprint density at radius 2 is 1.89 bits per heavy atom. The van der Waals surface area contributed by atoms with Crippen molar-refractivity contribution in [3.05, 3.63) is 96.7 Å². The van der Waals surface area contributed by atoms with Gasteiger partial charge in [0.1, 0.15) is 5.82 Å². The lowest BCUT2D eigenvalue weighted by atomic mass is 10.0. The highest BCUT2D eigenvalue weighted by Gasteiger charge is 2.44. The molecule has 4 aromatic rings. The van der Waals surface area contributed by atoms with E-state index in [0.29, 0.717) is 11.4 Å². The molecule has 3 heterocycles. The minimum Gasteiger partial charge on any atom is -0.442 e. The van der Waals surface area contributed by atoms with Crippen LogP contribution in [0.3, 0.4) is 0 Å². The second-order valence-electron chi connectivity index (χ2n) is 8.18. The standard InChI is InChI=1S/C25H26N6O4S/c1-18(35-19(2)32)29-24-8-3-7-23(30-24)25(26,36(33,34)22-6-4-13-27-17-22)16-20-9-11-21(12-10-20)31-15-5-14-28-31/h3-15,17-18H,16,26H2,1-2H3,(H,29,30). The summed E-state index contributed by atoms with van der Waals surface area (Å²) in [6, 6.07) is 16.9. The number of aromatic nitrogens is 4. The van der Waals surface area contributed by atoms with E-state index in [9.17, 15) is 13.2 Å². The van der Waals surface area contributed by atoms with Crippen LogP contribution in [0.5, 0.6) is 0 Å². The maximum Gasteiger partial charge on any atom is 0.304 e. The van der Waals surface area contributed by atoms with Gasteiger partial charge in [-0.2, -0.15) is 5.10 Å². The molecule has 0 aliphatic rings. The molecule has 0 aliphatic heterocycles. The van der Waals surface area contributed by atoms with Crippen LogP contribution in [0.2, 0.25) is 0 Å². The zero-order valence-electron chi connectivity index (χ0n) is 19.8. The van der Waals surface area contributed by atoms with Gasteiger partial charge < -0.3 is 15.8 Å². The molecule has 3 N–H and O–H groups in total. The highest BCUT2D eigenvalue weighted by Crippen LogP contribution is 2.34. The Kier molecular flexibility index (Phi) is 7.13. The van der Waals surface area contributed by atoms with Gasteiger partial charge in [0, 0.05) is 38.1 Å². The van der Waals surface area contributed by atoms with Crippen molar-refractivity contribution in [2.24, 2.45) is 5.73 Å². The lowest BCUT2D eigenvalue weighted by Gasteiger charge is -2.29. The lowest BCUT2D eigenvalue weighted by Crippen LogP contribution is -2.47. The molecule has 36 heavy (non-hydrogen) atoms. The van der Waals surface area contributed by atoms with E-state index in [-0.39, 0.29) is 17.0 Å². The highest BCUT2D eigenvalue weighted by atomic mass is 32.2. The van der Waals surface area contributed by atoms with Gasteiger partial charge in [-0.25, -0.2) is 18.1 Å². The number of nitrogens with one attached hydrogen (secondary N) is 1. The summed E-state index contributed by atoms with van der Waals surface area (Å²) in [5, 5.41) is 7.15. The van der Waals surface area contributed by atoms with E-state index in [1.807, 2.05) is 36.5 Å². The molecule has 0 saturated carbocycles. The van der Waals surface area contributed by atoms with Gasteiger partial charge in [0.05, 0.1) is 16.3 Å². The summed E-state index contributed by atoms with van der Waals surface area (Å²) in [6.07, 6.45) is 5.51. The maximum atomic E-state index is 13.9. The zero-order chi connectivity index (χ0) is 25.8. The Labute approximate surface area is 209 Å². The van der Waals surface area contributed by atoms with Crippen LogP contribution < -0.4 is 11.1 Å². The summed E-state index contributed by atoms with van der Waals surface area (Å²) in [7, 11) is -4.15. The predicted molar refractivity (Wildman–Crippen MR) is 134 cm³/mol. The lowest BCUT2D eigenvalue weighted by molar-refractivity contribution is -0.144. The molecule has 2 unspecified atom stereocenters. The number of hydrogen-bond acceptors (Lipinski definition) is 9. The van der Waals surface area contributed by atoms with Crippen molar-refractivity contribution in [3.63, 3.8) is 0 Å². The predicted octanol–water partition coefficient (Wildman–Crippen LogP) is 2.81. The second-order valence-corrected chi connectivity index (χ2v) is 10.4. The summed E-state index contributed by atoms with van der Waals surface area (Å²) in [4.78, 5) is 17.8. The van der Waals surface area contributed by atoms with E-state index >= 15 is 0 Å². The Hall–Kier alpha value is -4.09. The Morgan fingerprint density at radius 1 is 1.11 bits per heavy atom. The van der Waals surface area contributed by atoms with Gasteiger partial charge in [-0.05, 0) is 55.0 Å². The number of nitrogens with zero attached hydrogens (tertiary/aromatic N) is 4. The molecule has 0 spiro atoms. The Morgan fingerprint density at radius 3 is 2.53 bits per heavy atom. The fourth-order valence-corrected chi connectivity index (χ4v) is 5.39. The highest BCUT2D eigenvalue weighted by molar-refractivity contribution is 7.92. The largest absolute Gasteiger partial charge is 0.442 e. The van der Waals surface area contributed by atoms with Crippen LogP contribution in [0.1, 0.15) is 25.1 Å². The first-order chi connectivity index (χ1) is 17.2. The van der Waals surface area contributed by atoms with E-state index in [1.165, 1.54) is 25.4 Å². The normalized spacial score (nSPS) is 14.0. The minimum absolute atomic E-state index is 0.0193. The molecule has 0 bridgehead atoms. The number of sulfone groups is 1. The molecular formula is C25H26N6O4S. The average molecular weight is 507 g/mol. The number of ether oxygens (including phenoxy) is 1. The molecule has 0 fully saturated rings. The number of anilines is 1. The van der Waals surface area contributed by atoms with E-state index in [4.69, 9.17) is 10.5 Å². The molecule has 3 aromatic heterocycles. The van der Waals surface area contributed by atoms with E-state index < -0.39 is 26.9 Å². The summed E-state index contributed by atoms with van der Waals surface area (Å²) in [5.41, 5.74) is 8.41. The molecular weight excluding hydrogens is 480 g/mol. The summed E-state index contributed by atoms with van der Waals surface area (Å²) < 4.78 is 34.6. The summed E-state index contributed by atoms with van der Waals surface area (Å²) in [5.74, 6) is -0.150. The minimum atomic E-state index is -4.15. The molecule has 10 nitrogen and oxygen atoms in total. The fraction of sp³-hybridized carbons (Fsp3) is 0.200. The van der Waals surface area contributed by atoms with Crippen LogP contribution in [-0.4, -0.2) is 40.4 Å². The van der Waals surface area contributed by atoms with Crippen molar-refractivity contribution < 1.29 is 17.9 Å². The van der Waals surface area contributed by atoms with Crippen LogP contribution in [0.4, 0.5) is 5.82 Å². The molecule has 2 atom stereocenters. The van der Waals surface area contributed by atoms with Gasteiger partial charge in [0.15, 0.2) is 11.1 Å². The number of carbonyl (C=O) groups excluding carboxylic acids is 1. The topological polar surface area (TPSA) is 142 Å². The van der Waals surface area contributed by atoms with Gasteiger partial charge in [-0.15, -0.1) is 0 Å². The fourth-order valence-electron chi connectivity index (χ4n) is 3.77. The van der Waals surface area contributed by atoms with Crippen molar-refractivity contribution in [3.8, 4) is 5.69 Å². The third-order valence-electron chi connectivity index (χ3n) is 5.47. The molecule has 4 rings (SSSR count). The van der Waals surface area contributed by atoms with Crippen LogP contribution in [-0.2, 0) is 30.7 Å². The zero-order valence-corrected chi connectivity index (χ0v) is 20.6. The maximum absolute atomic E-state index is 13.9. The number of nitrogens with two attached hydrogens (primary N) is 1. The molecule has 0 saturated heterocycles. The smallest absolute Gasteiger partial charge is 0.304 e. The van der Waals surface area contributed by atoms with Crippen LogP contribution in [0.25, 0.3) is 5.69 Å². The quantitative estimate of drug-likeness (QED) is 0.259. The first-order valence-corrected chi connectivity index (χ1v) is 12.6. The Bertz CT molecular complexity index is 1430. The second kappa shape index (κ2) is 10.3. The van der Waals surface area contributed by atoms with Crippen LogP contribution in [0.15, 0.2) is 90.3 Å². The van der Waals surface area contributed by atoms with E-state index in [0.717, 1.165) is 5.69 Å². The number of esters is 1. The van der Waals surface area contributed by atoms with Gasteiger partial charge in [-0.3, -0.25) is 9.78 Å². The number of pyridine rings is 2. The van der Waals surface area contributed by atoms with Crippen molar-refractivity contribution in [1.82, 2.24) is 19.7 Å². The van der Waals surface area contributed by atoms with Crippen molar-refractivity contribution in [2.45, 2.75) is 36.3 Å².